The van der Waals surface area contributed by atoms with Gasteiger partial charge in [-0.05, 0) is 26.2 Å². The van der Waals surface area contributed by atoms with Gasteiger partial charge in [0.15, 0.2) is 0 Å². The van der Waals surface area contributed by atoms with Crippen molar-refractivity contribution >= 4 is 29.8 Å². The van der Waals surface area contributed by atoms with Crippen molar-refractivity contribution in [1.29, 1.82) is 0 Å². The van der Waals surface area contributed by atoms with Crippen LogP contribution in [0.4, 0.5) is 0 Å². The molecule has 66 valence electrons. The number of hydrogen-bond donors (Lipinski definition) is 1. The van der Waals surface area contributed by atoms with Gasteiger partial charge in [0.1, 0.15) is 0 Å². The molecule has 0 aliphatic carbocycles. The van der Waals surface area contributed by atoms with Crippen molar-refractivity contribution in [1.82, 2.24) is 0 Å². The summed E-state index contributed by atoms with van der Waals surface area (Å²) in [7, 11) is 0. The Morgan fingerprint density at radius 2 is 2.18 bits per heavy atom. The van der Waals surface area contributed by atoms with Gasteiger partial charge >= 0.3 is 0 Å². The molecule has 0 saturated heterocycles. The largest absolute Gasteiger partial charge is 0.388 e. The van der Waals surface area contributed by atoms with E-state index in [1.807, 2.05) is 13.0 Å². The third-order valence-corrected chi connectivity index (χ3v) is 1.18. The van der Waals surface area contributed by atoms with E-state index in [4.69, 9.17) is 5.73 Å². The smallest absolute Gasteiger partial charge is 0.0905 e. The van der Waals surface area contributed by atoms with Crippen molar-refractivity contribution in [2.75, 3.05) is 6.54 Å². The first kappa shape index (κ1) is 13.5. The van der Waals surface area contributed by atoms with Crippen LogP contribution in [0.25, 0.3) is 0 Å². The van der Waals surface area contributed by atoms with Crippen LogP contribution in [-0.2, 0) is 0 Å². The Bertz CT molecular complexity index is 117. The summed E-state index contributed by atoms with van der Waals surface area (Å²) in [6.07, 6.45) is 5.29. The van der Waals surface area contributed by atoms with Crippen LogP contribution in [-0.4, -0.2) is 12.4 Å². The van der Waals surface area contributed by atoms with Gasteiger partial charge < -0.3 is 5.73 Å². The van der Waals surface area contributed by atoms with Crippen molar-refractivity contribution in [2.24, 2.45) is 10.7 Å². The summed E-state index contributed by atoms with van der Waals surface area (Å²) >= 11 is 0. The molecule has 0 atom stereocenters. The summed E-state index contributed by atoms with van der Waals surface area (Å²) in [6, 6.07) is 0. The van der Waals surface area contributed by atoms with Crippen molar-refractivity contribution in [3.05, 3.63) is 12.7 Å². The fourth-order valence-electron chi connectivity index (χ4n) is 0.656. The van der Waals surface area contributed by atoms with E-state index in [2.05, 4.69) is 11.6 Å². The first-order valence-corrected chi connectivity index (χ1v) is 3.65. The van der Waals surface area contributed by atoms with E-state index >= 15 is 0 Å². The van der Waals surface area contributed by atoms with Crippen molar-refractivity contribution in [3.8, 4) is 0 Å². The zero-order valence-electron chi connectivity index (χ0n) is 7.05. The third kappa shape index (κ3) is 13.0. The van der Waals surface area contributed by atoms with Crippen LogP contribution in [0, 0.1) is 0 Å². The van der Waals surface area contributed by atoms with Gasteiger partial charge in [0.2, 0.25) is 0 Å². The Hall–Kier alpha value is -0.0600. The van der Waals surface area contributed by atoms with Crippen molar-refractivity contribution < 1.29 is 0 Å². The molecule has 0 aliphatic rings. The second kappa shape index (κ2) is 9.94. The summed E-state index contributed by atoms with van der Waals surface area (Å²) in [5.41, 5.74) is 5.34. The summed E-state index contributed by atoms with van der Waals surface area (Å²) in [4.78, 5) is 4.06. The van der Waals surface area contributed by atoms with E-state index in [0.717, 1.165) is 19.4 Å². The van der Waals surface area contributed by atoms with Crippen LogP contribution >= 0.6 is 24.0 Å². The highest BCUT2D eigenvalue weighted by Gasteiger charge is 1.83. The molecule has 3 heteroatoms. The van der Waals surface area contributed by atoms with E-state index in [0.29, 0.717) is 5.84 Å². The number of nitrogens with two attached hydrogens (primary N) is 1. The number of hydrogen-bond acceptors (Lipinski definition) is 1. The SMILES string of the molecule is C=CCCCCN=C(C)N.I. The van der Waals surface area contributed by atoms with Gasteiger partial charge in [-0.2, -0.15) is 0 Å². The van der Waals surface area contributed by atoms with E-state index in [-0.39, 0.29) is 24.0 Å². The summed E-state index contributed by atoms with van der Waals surface area (Å²) in [5.74, 6) is 0.679. The Morgan fingerprint density at radius 3 is 2.64 bits per heavy atom. The second-order valence-electron chi connectivity index (χ2n) is 2.31. The number of allylic oxidation sites excluding steroid dienone is 1. The topological polar surface area (TPSA) is 38.4 Å². The monoisotopic (exact) mass is 268 g/mol. The van der Waals surface area contributed by atoms with Crippen LogP contribution in [0.1, 0.15) is 26.2 Å². The minimum Gasteiger partial charge on any atom is -0.388 e. The summed E-state index contributed by atoms with van der Waals surface area (Å²) in [5, 5.41) is 0. The highest BCUT2D eigenvalue weighted by Crippen LogP contribution is 1.95. The van der Waals surface area contributed by atoms with E-state index in [1.165, 1.54) is 6.42 Å². The molecule has 0 spiro atoms. The number of halogens is 1. The molecule has 2 N–H and O–H groups in total. The number of nitrogens with zero attached hydrogens (tertiary/aromatic N) is 1. The van der Waals surface area contributed by atoms with Gasteiger partial charge in [0.05, 0.1) is 5.84 Å². The molecular weight excluding hydrogens is 251 g/mol. The standard InChI is InChI=1S/C8H16N2.HI/c1-3-4-5-6-7-10-8(2)9;/h3H,1,4-7H2,2H3,(H2,9,10);1H. The molecule has 0 aliphatic heterocycles. The van der Waals surface area contributed by atoms with Gasteiger partial charge in [-0.3, -0.25) is 4.99 Å². The molecule has 0 aromatic rings. The van der Waals surface area contributed by atoms with E-state index in [9.17, 15) is 0 Å². The number of amidine groups is 1. The maximum absolute atomic E-state index is 5.34. The van der Waals surface area contributed by atoms with Gasteiger partial charge in [-0.25, -0.2) is 0 Å². The van der Waals surface area contributed by atoms with Crippen LogP contribution in [0.5, 0.6) is 0 Å². The number of unbranched alkanes of at least 4 members (excludes halogenated alkanes) is 2. The average molecular weight is 268 g/mol. The maximum Gasteiger partial charge on any atom is 0.0905 e. The first-order chi connectivity index (χ1) is 4.77. The molecule has 0 fully saturated rings. The highest BCUT2D eigenvalue weighted by atomic mass is 127. The molecule has 0 aromatic carbocycles. The minimum atomic E-state index is 0. The molecule has 0 saturated carbocycles. The molecular formula is C8H17IN2. The molecule has 0 radical (unpaired) electrons. The van der Waals surface area contributed by atoms with Crippen LogP contribution in [0.2, 0.25) is 0 Å². The second-order valence-corrected chi connectivity index (χ2v) is 2.31. The molecule has 0 aromatic heterocycles. The van der Waals surface area contributed by atoms with Gasteiger partial charge in [0, 0.05) is 6.54 Å². The maximum atomic E-state index is 5.34. The zero-order chi connectivity index (χ0) is 7.82. The predicted octanol–water partition coefficient (Wildman–Crippen LogP) is 2.34. The van der Waals surface area contributed by atoms with E-state index in [1.54, 1.807) is 0 Å². The van der Waals surface area contributed by atoms with Crippen LogP contribution < -0.4 is 5.73 Å². The lowest BCUT2D eigenvalue weighted by molar-refractivity contribution is 0.759. The first-order valence-electron chi connectivity index (χ1n) is 3.65. The van der Waals surface area contributed by atoms with Crippen molar-refractivity contribution in [3.63, 3.8) is 0 Å². The fraction of sp³-hybridized carbons (Fsp3) is 0.625. The van der Waals surface area contributed by atoms with Gasteiger partial charge in [-0.15, -0.1) is 30.6 Å². The number of aliphatic imine (C=N–C) groups is 1. The molecule has 0 heterocycles. The average Bonchev–Trinajstić information content (AvgIpc) is 1.87. The summed E-state index contributed by atoms with van der Waals surface area (Å²) < 4.78 is 0. The quantitative estimate of drug-likeness (QED) is 0.268. The predicted molar refractivity (Wildman–Crippen MR) is 61.6 cm³/mol. The Kier molecular flexibility index (Phi) is 12.2. The summed E-state index contributed by atoms with van der Waals surface area (Å²) in [6.45, 7) is 6.30. The van der Waals surface area contributed by atoms with Gasteiger partial charge in [0.25, 0.3) is 0 Å². The number of rotatable bonds is 5. The molecule has 0 bridgehead atoms. The lowest BCUT2D eigenvalue weighted by atomic mass is 10.2. The molecule has 0 unspecified atom stereocenters. The van der Waals surface area contributed by atoms with Crippen LogP contribution in [0.3, 0.4) is 0 Å². The van der Waals surface area contributed by atoms with Gasteiger partial charge in [-0.1, -0.05) is 6.08 Å². The highest BCUT2D eigenvalue weighted by molar-refractivity contribution is 14.0. The van der Waals surface area contributed by atoms with E-state index < -0.39 is 0 Å². The normalized spacial score (nSPS) is 10.5. The molecule has 0 amide bonds. The molecule has 2 nitrogen and oxygen atoms in total. The minimum absolute atomic E-state index is 0. The van der Waals surface area contributed by atoms with Crippen molar-refractivity contribution in [2.45, 2.75) is 26.2 Å². The lowest BCUT2D eigenvalue weighted by Gasteiger charge is -1.93. The lowest BCUT2D eigenvalue weighted by Crippen LogP contribution is -2.05. The third-order valence-electron chi connectivity index (χ3n) is 1.18. The zero-order valence-corrected chi connectivity index (χ0v) is 9.38. The Morgan fingerprint density at radius 1 is 1.55 bits per heavy atom. The molecule has 11 heavy (non-hydrogen) atoms. The molecule has 0 rings (SSSR count). The fourth-order valence-corrected chi connectivity index (χ4v) is 0.656. The Balaban J connectivity index is 0. The van der Waals surface area contributed by atoms with Crippen LogP contribution in [0.15, 0.2) is 17.6 Å². The Labute approximate surface area is 86.0 Å².